The molecule has 0 unspecified atom stereocenters. The zero-order valence-corrected chi connectivity index (χ0v) is 20.8. The van der Waals surface area contributed by atoms with Crippen LogP contribution in [-0.2, 0) is 0 Å². The first-order valence-corrected chi connectivity index (χ1v) is 12.9. The minimum atomic E-state index is 0.653. The summed E-state index contributed by atoms with van der Waals surface area (Å²) in [5.74, 6) is 0.753. The highest BCUT2D eigenvalue weighted by Crippen LogP contribution is 2.33. The molecule has 0 atom stereocenters. The van der Waals surface area contributed by atoms with Crippen molar-refractivity contribution in [2.45, 2.75) is 12.8 Å². The molecule has 7 heterocycles. The van der Waals surface area contributed by atoms with E-state index in [1.54, 1.807) is 18.6 Å². The van der Waals surface area contributed by atoms with Gasteiger partial charge in [0.1, 0.15) is 23.6 Å². The molecule has 0 aliphatic carbocycles. The summed E-state index contributed by atoms with van der Waals surface area (Å²) < 4.78 is 6.01. The fourth-order valence-electron chi connectivity index (χ4n) is 5.11. The van der Waals surface area contributed by atoms with Crippen molar-refractivity contribution in [3.05, 3.63) is 73.4 Å². The lowest BCUT2D eigenvalue weighted by Gasteiger charge is -2.15. The van der Waals surface area contributed by atoms with Crippen LogP contribution in [0, 0.1) is 0 Å². The number of pyridine rings is 4. The topological polar surface area (TPSA) is 108 Å². The molecule has 1 saturated heterocycles. The molecule has 9 heteroatoms. The average molecular weight is 503 g/mol. The van der Waals surface area contributed by atoms with Gasteiger partial charge in [0, 0.05) is 53.4 Å². The van der Waals surface area contributed by atoms with Crippen LogP contribution in [-0.4, -0.2) is 66.3 Å². The van der Waals surface area contributed by atoms with Gasteiger partial charge in [-0.25, -0.2) is 4.98 Å². The third-order valence-electron chi connectivity index (χ3n) is 7.05. The lowest BCUT2D eigenvalue weighted by molar-refractivity contribution is 0.237. The molecule has 0 spiro atoms. The van der Waals surface area contributed by atoms with Crippen molar-refractivity contribution in [3.63, 3.8) is 0 Å². The maximum Gasteiger partial charge on any atom is 0.138 e. The van der Waals surface area contributed by atoms with E-state index in [2.05, 4.69) is 41.1 Å². The third-order valence-corrected chi connectivity index (χ3v) is 7.05. The number of nitrogens with zero attached hydrogens (tertiary/aromatic N) is 6. The number of aromatic amines is 2. The zero-order chi connectivity index (χ0) is 25.3. The zero-order valence-electron chi connectivity index (χ0n) is 20.8. The van der Waals surface area contributed by atoms with E-state index < -0.39 is 0 Å². The molecular weight excluding hydrogens is 476 g/mol. The molecule has 0 bridgehead atoms. The van der Waals surface area contributed by atoms with Crippen molar-refractivity contribution in [2.24, 2.45) is 0 Å². The molecule has 0 radical (unpaired) electrons. The van der Waals surface area contributed by atoms with Gasteiger partial charge in [0.25, 0.3) is 0 Å². The number of aromatic nitrogens is 7. The maximum atomic E-state index is 6.01. The van der Waals surface area contributed by atoms with Crippen molar-refractivity contribution in [1.29, 1.82) is 0 Å². The van der Waals surface area contributed by atoms with Crippen LogP contribution >= 0.6 is 0 Å². The van der Waals surface area contributed by atoms with Gasteiger partial charge in [-0.1, -0.05) is 0 Å². The summed E-state index contributed by atoms with van der Waals surface area (Å²) in [4.78, 5) is 24.1. The Hall–Kier alpha value is -4.63. The summed E-state index contributed by atoms with van der Waals surface area (Å²) in [6.45, 7) is 3.92. The first-order valence-electron chi connectivity index (χ1n) is 12.9. The number of H-pyrrole nitrogens is 2. The number of likely N-dealkylation sites (tertiary alicyclic amines) is 1. The van der Waals surface area contributed by atoms with Crippen LogP contribution in [0.25, 0.3) is 55.8 Å². The van der Waals surface area contributed by atoms with Gasteiger partial charge in [-0.3, -0.25) is 25.0 Å². The molecule has 1 fully saturated rings. The first kappa shape index (κ1) is 22.6. The molecule has 188 valence electrons. The van der Waals surface area contributed by atoms with Crippen molar-refractivity contribution >= 4 is 21.9 Å². The molecule has 1 aliphatic rings. The van der Waals surface area contributed by atoms with Gasteiger partial charge in [0.2, 0.25) is 0 Å². The van der Waals surface area contributed by atoms with E-state index >= 15 is 0 Å². The molecule has 1 aliphatic heterocycles. The Morgan fingerprint density at radius 1 is 0.842 bits per heavy atom. The molecule has 2 N–H and O–H groups in total. The standard InChI is InChI=1S/C29H26N8O/c1-2-12-37(11-1)13-14-38-21-15-20(17-31-18-21)23-3-4-25-28(34-23)29(36-35-25)26-16-22-24(33-26)7-10-32-27(22)19-5-8-30-9-6-19/h3-10,15-18,33H,1-2,11-14H2,(H,35,36). The van der Waals surface area contributed by atoms with E-state index in [4.69, 9.17) is 9.72 Å². The monoisotopic (exact) mass is 502 g/mol. The summed E-state index contributed by atoms with van der Waals surface area (Å²) in [5.41, 5.74) is 7.88. The Bertz CT molecular complexity index is 1720. The molecule has 6 aromatic rings. The lowest BCUT2D eigenvalue weighted by Crippen LogP contribution is -2.25. The van der Waals surface area contributed by atoms with Crippen LogP contribution in [0.3, 0.4) is 0 Å². The number of fused-ring (bicyclic) bond motifs is 2. The van der Waals surface area contributed by atoms with Crippen LogP contribution in [0.2, 0.25) is 0 Å². The largest absolute Gasteiger partial charge is 0.491 e. The average Bonchev–Trinajstić information content (AvgIpc) is 3.73. The number of hydrogen-bond donors (Lipinski definition) is 2. The number of nitrogens with one attached hydrogen (secondary N) is 2. The van der Waals surface area contributed by atoms with Gasteiger partial charge < -0.3 is 9.72 Å². The van der Waals surface area contributed by atoms with Gasteiger partial charge in [-0.15, -0.1) is 0 Å². The smallest absolute Gasteiger partial charge is 0.138 e. The predicted molar refractivity (Wildman–Crippen MR) is 147 cm³/mol. The highest BCUT2D eigenvalue weighted by molar-refractivity contribution is 5.99. The van der Waals surface area contributed by atoms with Crippen LogP contribution in [0.15, 0.2) is 73.4 Å². The van der Waals surface area contributed by atoms with E-state index in [0.717, 1.165) is 81.2 Å². The fraction of sp³-hybridized carbons (Fsp3) is 0.207. The van der Waals surface area contributed by atoms with E-state index in [0.29, 0.717) is 6.61 Å². The van der Waals surface area contributed by atoms with E-state index in [1.165, 1.54) is 12.8 Å². The van der Waals surface area contributed by atoms with Crippen molar-refractivity contribution < 1.29 is 4.74 Å². The third kappa shape index (κ3) is 4.26. The summed E-state index contributed by atoms with van der Waals surface area (Å²) in [5, 5.41) is 8.74. The van der Waals surface area contributed by atoms with Crippen LogP contribution in [0.4, 0.5) is 0 Å². The summed E-state index contributed by atoms with van der Waals surface area (Å²) >= 11 is 0. The lowest BCUT2D eigenvalue weighted by atomic mass is 10.1. The van der Waals surface area contributed by atoms with Gasteiger partial charge >= 0.3 is 0 Å². The van der Waals surface area contributed by atoms with Crippen molar-refractivity contribution in [3.8, 4) is 39.7 Å². The second-order valence-electron chi connectivity index (χ2n) is 9.51. The normalized spacial score (nSPS) is 14.0. The molecule has 0 aromatic carbocycles. The molecular formula is C29H26N8O. The predicted octanol–water partition coefficient (Wildman–Crippen LogP) is 5.10. The van der Waals surface area contributed by atoms with E-state index in [9.17, 15) is 0 Å². The fourth-order valence-corrected chi connectivity index (χ4v) is 5.11. The molecule has 6 aromatic heterocycles. The number of ether oxygens (including phenoxy) is 1. The van der Waals surface area contributed by atoms with Gasteiger partial charge in [0.15, 0.2) is 0 Å². The Morgan fingerprint density at radius 2 is 1.74 bits per heavy atom. The Labute approximate surface area is 219 Å². The van der Waals surface area contributed by atoms with Gasteiger partial charge in [-0.05, 0) is 68.4 Å². The Morgan fingerprint density at radius 3 is 2.63 bits per heavy atom. The Kier molecular flexibility index (Phi) is 5.75. The minimum absolute atomic E-state index is 0.653. The van der Waals surface area contributed by atoms with Gasteiger partial charge in [-0.2, -0.15) is 5.10 Å². The highest BCUT2D eigenvalue weighted by atomic mass is 16.5. The SMILES string of the molecule is c1cc(-c2nccc3[nH]c(-c4n[nH]c5ccc(-c6cncc(OCCN7CCCC7)c6)nc45)cc23)ccn1. The van der Waals surface area contributed by atoms with E-state index in [1.807, 2.05) is 48.8 Å². The van der Waals surface area contributed by atoms with Crippen molar-refractivity contribution in [2.75, 3.05) is 26.2 Å². The summed E-state index contributed by atoms with van der Waals surface area (Å²) in [6.07, 6.45) is 11.5. The summed E-state index contributed by atoms with van der Waals surface area (Å²) in [7, 11) is 0. The Balaban J connectivity index is 1.20. The molecule has 0 saturated carbocycles. The quantitative estimate of drug-likeness (QED) is 0.313. The molecule has 7 rings (SSSR count). The second kappa shape index (κ2) is 9.68. The number of rotatable bonds is 7. The van der Waals surface area contributed by atoms with E-state index in [-0.39, 0.29) is 0 Å². The molecule has 9 nitrogen and oxygen atoms in total. The highest BCUT2D eigenvalue weighted by Gasteiger charge is 2.16. The maximum absolute atomic E-state index is 6.01. The van der Waals surface area contributed by atoms with Crippen molar-refractivity contribution in [1.82, 2.24) is 40.0 Å². The van der Waals surface area contributed by atoms with Gasteiger partial charge in [0.05, 0.1) is 28.8 Å². The molecule has 38 heavy (non-hydrogen) atoms. The minimum Gasteiger partial charge on any atom is -0.491 e. The van der Waals surface area contributed by atoms with Crippen LogP contribution in [0.5, 0.6) is 5.75 Å². The van der Waals surface area contributed by atoms with Crippen LogP contribution in [0.1, 0.15) is 12.8 Å². The van der Waals surface area contributed by atoms with Crippen LogP contribution < -0.4 is 4.74 Å². The first-order chi connectivity index (χ1) is 18.8. The second-order valence-corrected chi connectivity index (χ2v) is 9.51. The molecule has 0 amide bonds. The number of hydrogen-bond acceptors (Lipinski definition) is 7. The summed E-state index contributed by atoms with van der Waals surface area (Å²) in [6, 6.07) is 14.0.